The second kappa shape index (κ2) is 7.47. The zero-order valence-electron chi connectivity index (χ0n) is 13.9. The summed E-state index contributed by atoms with van der Waals surface area (Å²) in [7, 11) is 0. The first-order valence-corrected chi connectivity index (χ1v) is 9.40. The lowest BCUT2D eigenvalue weighted by atomic mass is 10.1. The molecule has 5 nitrogen and oxygen atoms in total. The summed E-state index contributed by atoms with van der Waals surface area (Å²) in [6, 6.07) is 12.0. The van der Waals surface area contributed by atoms with Gasteiger partial charge in [0.25, 0.3) is 0 Å². The number of aromatic amines is 1. The van der Waals surface area contributed by atoms with Crippen LogP contribution in [0.15, 0.2) is 48.7 Å². The van der Waals surface area contributed by atoms with Gasteiger partial charge in [0.05, 0.1) is 11.7 Å². The van der Waals surface area contributed by atoms with Crippen LogP contribution in [-0.4, -0.2) is 27.9 Å². The van der Waals surface area contributed by atoms with Crippen molar-refractivity contribution in [2.45, 2.75) is 18.6 Å². The Hall–Kier alpha value is -2.38. The molecule has 0 saturated carbocycles. The lowest BCUT2D eigenvalue weighted by molar-refractivity contribution is -0.122. The van der Waals surface area contributed by atoms with Crippen molar-refractivity contribution in [1.82, 2.24) is 20.8 Å². The molecular formula is C19H18FN4OS. The van der Waals surface area contributed by atoms with Crippen LogP contribution in [0.4, 0.5) is 4.39 Å². The number of nitrogens with one attached hydrogen (secondary N) is 3. The zero-order chi connectivity index (χ0) is 17.9. The third-order valence-electron chi connectivity index (χ3n) is 4.40. The van der Waals surface area contributed by atoms with Crippen LogP contribution < -0.4 is 10.6 Å². The van der Waals surface area contributed by atoms with Gasteiger partial charge in [0, 0.05) is 29.5 Å². The first-order chi connectivity index (χ1) is 12.7. The number of carbonyl (C=O) groups is 1. The standard InChI is InChI=1S/C19H18FN4OS/c20-15-4-2-13(3-5-15)17-10-26-11-18(23-17)19(25)21-8-12-1-6-16-14(7-12)9-22-24-16/h1-7,9,11,17-18,23H,8,10H2,(H,21,25)(H,22,24)/t17?,18-/m0/s1. The van der Waals surface area contributed by atoms with Crippen molar-refractivity contribution in [3.63, 3.8) is 0 Å². The van der Waals surface area contributed by atoms with Gasteiger partial charge in [-0.1, -0.05) is 18.2 Å². The fourth-order valence-corrected chi connectivity index (χ4v) is 3.97. The summed E-state index contributed by atoms with van der Waals surface area (Å²) in [6.45, 7) is 0.456. The molecule has 3 aromatic rings. The van der Waals surface area contributed by atoms with Crippen molar-refractivity contribution in [1.29, 1.82) is 0 Å². The molecule has 26 heavy (non-hydrogen) atoms. The van der Waals surface area contributed by atoms with E-state index >= 15 is 0 Å². The van der Waals surface area contributed by atoms with Gasteiger partial charge in [-0.15, -0.1) is 0 Å². The summed E-state index contributed by atoms with van der Waals surface area (Å²) in [5, 5.41) is 14.2. The van der Waals surface area contributed by atoms with Crippen LogP contribution in [0.2, 0.25) is 0 Å². The molecule has 3 N–H and O–H groups in total. The average molecular weight is 369 g/mol. The minimum atomic E-state index is -0.388. The van der Waals surface area contributed by atoms with Gasteiger partial charge >= 0.3 is 0 Å². The Balaban J connectivity index is 1.37. The van der Waals surface area contributed by atoms with Crippen LogP contribution >= 0.6 is 11.8 Å². The monoisotopic (exact) mass is 369 g/mol. The van der Waals surface area contributed by atoms with E-state index in [-0.39, 0.29) is 23.8 Å². The zero-order valence-corrected chi connectivity index (χ0v) is 14.7. The summed E-state index contributed by atoms with van der Waals surface area (Å²) >= 11 is 1.61. The highest BCUT2D eigenvalue weighted by Gasteiger charge is 2.27. The Kier molecular flexibility index (Phi) is 4.90. The number of rotatable bonds is 4. The van der Waals surface area contributed by atoms with Crippen molar-refractivity contribution < 1.29 is 9.18 Å². The Labute approximate surface area is 154 Å². The number of nitrogens with zero attached hydrogens (tertiary/aromatic N) is 1. The Morgan fingerprint density at radius 3 is 2.96 bits per heavy atom. The van der Waals surface area contributed by atoms with Crippen LogP contribution in [0.3, 0.4) is 0 Å². The number of halogens is 1. The second-order valence-electron chi connectivity index (χ2n) is 6.23. The number of thioether (sulfide) groups is 1. The lowest BCUT2D eigenvalue weighted by Gasteiger charge is -2.30. The summed E-state index contributed by atoms with van der Waals surface area (Å²) in [6.07, 6.45) is 1.76. The van der Waals surface area contributed by atoms with Gasteiger partial charge < -0.3 is 5.32 Å². The Morgan fingerprint density at radius 2 is 2.12 bits per heavy atom. The third-order valence-corrected chi connectivity index (χ3v) is 5.39. The van der Waals surface area contributed by atoms with Gasteiger partial charge in [0.1, 0.15) is 11.9 Å². The highest BCUT2D eigenvalue weighted by molar-refractivity contribution is 8.01. The summed E-state index contributed by atoms with van der Waals surface area (Å²) in [5.74, 6) is 2.39. The van der Waals surface area contributed by atoms with E-state index in [4.69, 9.17) is 0 Å². The maximum Gasteiger partial charge on any atom is 0.238 e. The third kappa shape index (κ3) is 3.73. The fraction of sp³-hybridized carbons (Fsp3) is 0.211. The molecule has 1 aromatic heterocycles. The molecule has 0 bridgehead atoms. The lowest BCUT2D eigenvalue weighted by Crippen LogP contribution is -2.48. The molecule has 1 saturated heterocycles. The molecular weight excluding hydrogens is 351 g/mol. The predicted octanol–water partition coefficient (Wildman–Crippen LogP) is 2.93. The molecule has 2 atom stereocenters. The molecule has 133 valence electrons. The van der Waals surface area contributed by atoms with Gasteiger partial charge in [0.15, 0.2) is 0 Å². The van der Waals surface area contributed by atoms with E-state index < -0.39 is 0 Å². The van der Waals surface area contributed by atoms with Crippen LogP contribution in [0.25, 0.3) is 10.9 Å². The first kappa shape index (κ1) is 17.1. The van der Waals surface area contributed by atoms with Crippen molar-refractivity contribution >= 4 is 28.6 Å². The number of hydrogen-bond acceptors (Lipinski definition) is 4. The molecule has 4 rings (SSSR count). The van der Waals surface area contributed by atoms with E-state index in [0.717, 1.165) is 27.8 Å². The molecule has 7 heteroatoms. The molecule has 2 heterocycles. The molecule has 1 radical (unpaired) electrons. The first-order valence-electron chi connectivity index (χ1n) is 8.35. The fourth-order valence-electron chi connectivity index (χ4n) is 2.98. The quantitative estimate of drug-likeness (QED) is 0.661. The molecule has 0 spiro atoms. The van der Waals surface area contributed by atoms with E-state index in [2.05, 4.69) is 20.8 Å². The van der Waals surface area contributed by atoms with Gasteiger partial charge in [-0.2, -0.15) is 16.9 Å². The normalized spacial score (nSPS) is 20.2. The van der Waals surface area contributed by atoms with Gasteiger partial charge in [-0.05, 0) is 35.4 Å². The molecule has 1 aliphatic rings. The molecule has 1 aliphatic heterocycles. The van der Waals surface area contributed by atoms with Crippen molar-refractivity contribution in [2.24, 2.45) is 0 Å². The molecule has 1 fully saturated rings. The predicted molar refractivity (Wildman–Crippen MR) is 101 cm³/mol. The van der Waals surface area contributed by atoms with Gasteiger partial charge in [-0.3, -0.25) is 15.2 Å². The van der Waals surface area contributed by atoms with Crippen molar-refractivity contribution in [3.05, 3.63) is 71.4 Å². The topological polar surface area (TPSA) is 69.8 Å². The molecule has 1 amide bonds. The molecule has 2 aromatic carbocycles. The van der Waals surface area contributed by atoms with Gasteiger partial charge in [-0.25, -0.2) is 4.39 Å². The maximum absolute atomic E-state index is 13.1. The maximum atomic E-state index is 13.1. The number of H-pyrrole nitrogens is 1. The second-order valence-corrected chi connectivity index (χ2v) is 7.17. The van der Waals surface area contributed by atoms with E-state index in [1.165, 1.54) is 12.1 Å². The van der Waals surface area contributed by atoms with E-state index in [0.29, 0.717) is 6.54 Å². The number of hydrogen-bond donors (Lipinski definition) is 3. The van der Waals surface area contributed by atoms with Crippen LogP contribution in [0.5, 0.6) is 0 Å². The smallest absolute Gasteiger partial charge is 0.238 e. The number of amides is 1. The minimum absolute atomic E-state index is 0.0173. The highest BCUT2D eigenvalue weighted by atomic mass is 32.2. The molecule has 0 aliphatic carbocycles. The van der Waals surface area contributed by atoms with E-state index in [1.807, 2.05) is 24.0 Å². The van der Waals surface area contributed by atoms with Crippen molar-refractivity contribution in [3.8, 4) is 0 Å². The summed E-state index contributed by atoms with van der Waals surface area (Å²) in [5.41, 5.74) is 2.97. The van der Waals surface area contributed by atoms with E-state index in [1.54, 1.807) is 30.1 Å². The largest absolute Gasteiger partial charge is 0.351 e. The number of aromatic nitrogens is 2. The summed E-state index contributed by atoms with van der Waals surface area (Å²) < 4.78 is 13.1. The van der Waals surface area contributed by atoms with Gasteiger partial charge in [0.2, 0.25) is 5.91 Å². The van der Waals surface area contributed by atoms with Crippen LogP contribution in [0.1, 0.15) is 17.2 Å². The minimum Gasteiger partial charge on any atom is -0.351 e. The summed E-state index contributed by atoms with van der Waals surface area (Å²) in [4.78, 5) is 12.5. The number of fused-ring (bicyclic) bond motifs is 1. The van der Waals surface area contributed by atoms with E-state index in [9.17, 15) is 9.18 Å². The van der Waals surface area contributed by atoms with Crippen molar-refractivity contribution in [2.75, 3.05) is 5.75 Å². The number of carbonyl (C=O) groups excluding carboxylic acids is 1. The van der Waals surface area contributed by atoms with Crippen LogP contribution in [0, 0.1) is 11.6 Å². The van der Waals surface area contributed by atoms with Crippen LogP contribution in [-0.2, 0) is 11.3 Å². The molecule has 1 unspecified atom stereocenters. The number of benzene rings is 2. The SMILES string of the molecule is O=C(NCc1ccc2[nH]ncc2c1)[C@@H]1[CH]SCC(c2ccc(F)cc2)N1. The Bertz CT molecular complexity index is 911. The average Bonchev–Trinajstić information content (AvgIpc) is 3.14. The highest BCUT2D eigenvalue weighted by Crippen LogP contribution is 2.27. The Morgan fingerprint density at radius 1 is 1.27 bits per heavy atom.